The molecule has 80 valence electrons. The minimum absolute atomic E-state index is 1.03. The van der Waals surface area contributed by atoms with Gasteiger partial charge in [0.15, 0.2) is 0 Å². The van der Waals surface area contributed by atoms with E-state index in [1.54, 1.807) is 6.20 Å². The van der Waals surface area contributed by atoms with Gasteiger partial charge in [-0.1, -0.05) is 6.07 Å². The summed E-state index contributed by atoms with van der Waals surface area (Å²) in [5, 5.41) is 4.48. The Hall–Kier alpha value is -2.10. The smallest absolute Gasteiger partial charge is 0.143 e. The summed E-state index contributed by atoms with van der Waals surface area (Å²) in [6.07, 6.45) is 7.62. The highest BCUT2D eigenvalue weighted by Gasteiger charge is 2.13. The van der Waals surface area contributed by atoms with Crippen molar-refractivity contribution < 1.29 is 0 Å². The maximum absolute atomic E-state index is 4.48. The fourth-order valence-electron chi connectivity index (χ4n) is 2.06. The van der Waals surface area contributed by atoms with Gasteiger partial charge < -0.3 is 4.57 Å². The van der Waals surface area contributed by atoms with Crippen LogP contribution in [0.2, 0.25) is 0 Å². The highest BCUT2D eigenvalue weighted by atomic mass is 15.3. The van der Waals surface area contributed by atoms with Crippen molar-refractivity contribution in [1.29, 1.82) is 0 Å². The Balaban J connectivity index is 2.38. The number of nitrogens with zero attached hydrogens (tertiary/aromatic N) is 4. The van der Waals surface area contributed by atoms with Crippen LogP contribution in [0.4, 0.5) is 0 Å². The number of hydrogen-bond acceptors (Lipinski definition) is 2. The van der Waals surface area contributed by atoms with Gasteiger partial charge >= 0.3 is 0 Å². The molecule has 0 amide bonds. The molecule has 3 aromatic heterocycles. The summed E-state index contributed by atoms with van der Waals surface area (Å²) in [5.74, 6) is 0. The van der Waals surface area contributed by atoms with Crippen LogP contribution >= 0.6 is 0 Å². The fraction of sp³-hybridized carbons (Fsp3) is 0.167. The molecule has 0 bridgehead atoms. The molecule has 0 atom stereocenters. The van der Waals surface area contributed by atoms with Crippen LogP contribution in [0.15, 0.2) is 36.9 Å². The molecule has 0 saturated heterocycles. The van der Waals surface area contributed by atoms with E-state index in [1.807, 2.05) is 43.1 Å². The largest absolute Gasteiger partial charge is 0.334 e. The summed E-state index contributed by atoms with van der Waals surface area (Å²) < 4.78 is 3.97. The number of aryl methyl sites for hydroxylation is 2. The van der Waals surface area contributed by atoms with Crippen molar-refractivity contribution in [3.05, 3.63) is 42.6 Å². The molecule has 0 saturated carbocycles. The van der Waals surface area contributed by atoms with Crippen LogP contribution in [0.3, 0.4) is 0 Å². The molecule has 4 heteroatoms. The molecule has 0 aliphatic rings. The van der Waals surface area contributed by atoms with Crippen LogP contribution in [0.1, 0.15) is 5.69 Å². The summed E-state index contributed by atoms with van der Waals surface area (Å²) in [6.45, 7) is 2.02. The zero-order valence-corrected chi connectivity index (χ0v) is 9.25. The predicted molar refractivity (Wildman–Crippen MR) is 62.1 cm³/mol. The quantitative estimate of drug-likeness (QED) is 0.618. The molecule has 3 rings (SSSR count). The molecule has 0 aliphatic heterocycles. The van der Waals surface area contributed by atoms with Crippen LogP contribution in [0, 0.1) is 6.92 Å². The zero-order chi connectivity index (χ0) is 11.1. The van der Waals surface area contributed by atoms with Crippen LogP contribution in [0.25, 0.3) is 16.8 Å². The van der Waals surface area contributed by atoms with Crippen molar-refractivity contribution in [1.82, 2.24) is 19.2 Å². The Bertz CT molecular complexity index is 634. The van der Waals surface area contributed by atoms with Gasteiger partial charge in [0.1, 0.15) is 5.65 Å². The Kier molecular flexibility index (Phi) is 1.83. The summed E-state index contributed by atoms with van der Waals surface area (Å²) in [4.78, 5) is 4.16. The van der Waals surface area contributed by atoms with Gasteiger partial charge in [-0.3, -0.25) is 4.98 Å². The standard InChI is InChI=1S/C12H12N4/c1-9-11(10-4-3-5-13-8-10)12-15(2)6-7-16(12)14-9/h3-8H,1-2H3. The fourth-order valence-corrected chi connectivity index (χ4v) is 2.06. The Morgan fingerprint density at radius 3 is 2.88 bits per heavy atom. The lowest BCUT2D eigenvalue weighted by Crippen LogP contribution is -1.88. The maximum atomic E-state index is 4.48. The van der Waals surface area contributed by atoms with E-state index in [4.69, 9.17) is 0 Å². The molecular formula is C12H12N4. The molecule has 0 radical (unpaired) electrons. The molecule has 0 unspecified atom stereocenters. The maximum Gasteiger partial charge on any atom is 0.143 e. The Labute approximate surface area is 93.2 Å². The molecule has 0 N–H and O–H groups in total. The van der Waals surface area contributed by atoms with Gasteiger partial charge in [0.05, 0.1) is 5.69 Å². The first kappa shape index (κ1) is 9.15. The molecular weight excluding hydrogens is 200 g/mol. The number of pyridine rings is 1. The molecule has 4 nitrogen and oxygen atoms in total. The van der Waals surface area contributed by atoms with Crippen LogP contribution < -0.4 is 0 Å². The molecule has 0 spiro atoms. The van der Waals surface area contributed by atoms with E-state index >= 15 is 0 Å². The van der Waals surface area contributed by atoms with Crippen molar-refractivity contribution in [3.8, 4) is 11.1 Å². The molecule has 3 heterocycles. The Morgan fingerprint density at radius 2 is 2.12 bits per heavy atom. The lowest BCUT2D eigenvalue weighted by Gasteiger charge is -2.00. The van der Waals surface area contributed by atoms with Crippen molar-refractivity contribution in [2.75, 3.05) is 0 Å². The van der Waals surface area contributed by atoms with E-state index in [0.29, 0.717) is 0 Å². The highest BCUT2D eigenvalue weighted by molar-refractivity contribution is 5.79. The monoisotopic (exact) mass is 212 g/mol. The van der Waals surface area contributed by atoms with Gasteiger partial charge in [0, 0.05) is 43.0 Å². The normalized spacial score (nSPS) is 11.1. The lowest BCUT2D eigenvalue weighted by atomic mass is 10.1. The first-order valence-electron chi connectivity index (χ1n) is 5.18. The molecule has 0 aliphatic carbocycles. The second kappa shape index (κ2) is 3.20. The highest BCUT2D eigenvalue weighted by Crippen LogP contribution is 2.27. The number of aromatic nitrogens is 4. The van der Waals surface area contributed by atoms with Crippen LogP contribution in [-0.4, -0.2) is 19.2 Å². The number of hydrogen-bond donors (Lipinski definition) is 0. The number of rotatable bonds is 1. The topological polar surface area (TPSA) is 35.1 Å². The van der Waals surface area contributed by atoms with Crippen LogP contribution in [0.5, 0.6) is 0 Å². The second-order valence-corrected chi connectivity index (χ2v) is 3.88. The first-order valence-corrected chi connectivity index (χ1v) is 5.18. The van der Waals surface area contributed by atoms with E-state index in [0.717, 1.165) is 22.5 Å². The third-order valence-corrected chi connectivity index (χ3v) is 2.78. The summed E-state index contributed by atoms with van der Waals surface area (Å²) in [7, 11) is 2.02. The molecule has 16 heavy (non-hydrogen) atoms. The van der Waals surface area contributed by atoms with Gasteiger partial charge in [-0.05, 0) is 13.0 Å². The van der Waals surface area contributed by atoms with Crippen molar-refractivity contribution >= 4 is 5.65 Å². The van der Waals surface area contributed by atoms with Gasteiger partial charge in [-0.2, -0.15) is 5.10 Å². The third-order valence-electron chi connectivity index (χ3n) is 2.78. The minimum Gasteiger partial charge on any atom is -0.334 e. The summed E-state index contributed by atoms with van der Waals surface area (Å²) >= 11 is 0. The zero-order valence-electron chi connectivity index (χ0n) is 9.25. The minimum atomic E-state index is 1.03. The first-order chi connectivity index (χ1) is 7.77. The third kappa shape index (κ3) is 1.16. The van der Waals surface area contributed by atoms with Crippen molar-refractivity contribution in [2.45, 2.75) is 6.92 Å². The lowest BCUT2D eigenvalue weighted by molar-refractivity contribution is 0.918. The SMILES string of the molecule is Cc1nn2ccn(C)c2c1-c1cccnc1. The summed E-state index contributed by atoms with van der Waals surface area (Å²) in [6, 6.07) is 4.01. The summed E-state index contributed by atoms with van der Waals surface area (Å²) in [5.41, 5.74) is 4.39. The predicted octanol–water partition coefficient (Wildman–Crippen LogP) is 2.04. The molecule has 0 aromatic carbocycles. The second-order valence-electron chi connectivity index (χ2n) is 3.88. The van der Waals surface area contributed by atoms with Gasteiger partial charge in [-0.15, -0.1) is 0 Å². The van der Waals surface area contributed by atoms with Crippen LogP contribution in [-0.2, 0) is 7.05 Å². The number of fused-ring (bicyclic) bond motifs is 1. The number of imidazole rings is 1. The van der Waals surface area contributed by atoms with Crippen molar-refractivity contribution in [2.24, 2.45) is 7.05 Å². The van der Waals surface area contributed by atoms with E-state index in [9.17, 15) is 0 Å². The van der Waals surface area contributed by atoms with E-state index in [1.165, 1.54) is 0 Å². The van der Waals surface area contributed by atoms with Crippen molar-refractivity contribution in [3.63, 3.8) is 0 Å². The van der Waals surface area contributed by atoms with E-state index < -0.39 is 0 Å². The Morgan fingerprint density at radius 1 is 1.25 bits per heavy atom. The van der Waals surface area contributed by atoms with E-state index in [2.05, 4.69) is 20.7 Å². The average Bonchev–Trinajstić information content (AvgIpc) is 2.80. The molecule has 0 fully saturated rings. The van der Waals surface area contributed by atoms with E-state index in [-0.39, 0.29) is 0 Å². The van der Waals surface area contributed by atoms with Gasteiger partial charge in [0.25, 0.3) is 0 Å². The van der Waals surface area contributed by atoms with Gasteiger partial charge in [-0.25, -0.2) is 4.52 Å². The molecule has 3 aromatic rings. The van der Waals surface area contributed by atoms with Gasteiger partial charge in [0.2, 0.25) is 0 Å². The average molecular weight is 212 g/mol.